The lowest BCUT2D eigenvalue weighted by Gasteiger charge is -2.06. The van der Waals surface area contributed by atoms with Gasteiger partial charge in [0.1, 0.15) is 0 Å². The summed E-state index contributed by atoms with van der Waals surface area (Å²) in [5.74, 6) is -0.810. The van der Waals surface area contributed by atoms with E-state index in [4.69, 9.17) is 0 Å². The maximum atomic E-state index is 13.6. The number of rotatable bonds is 3. The lowest BCUT2D eigenvalue weighted by Crippen LogP contribution is -2.00. The highest BCUT2D eigenvalue weighted by Crippen LogP contribution is 2.23. The van der Waals surface area contributed by atoms with Gasteiger partial charge in [-0.3, -0.25) is 10.1 Å². The number of aromatic nitrogens is 1. The van der Waals surface area contributed by atoms with E-state index < -0.39 is 16.4 Å². The third kappa shape index (κ3) is 2.67. The highest BCUT2D eigenvalue weighted by molar-refractivity contribution is 9.10. The second-order valence-corrected chi connectivity index (χ2v) is 5.61. The molecule has 4 nitrogen and oxygen atoms in total. The first-order valence-electron chi connectivity index (χ1n) is 6.22. The van der Waals surface area contributed by atoms with Gasteiger partial charge in [-0.15, -0.1) is 0 Å². The second-order valence-electron chi connectivity index (χ2n) is 4.69. The molecular formula is C15H10BrFN2O2. The van der Waals surface area contributed by atoms with Gasteiger partial charge in [0.05, 0.1) is 4.92 Å². The van der Waals surface area contributed by atoms with Gasteiger partial charge in [-0.2, -0.15) is 4.39 Å². The van der Waals surface area contributed by atoms with Gasteiger partial charge in [-0.1, -0.05) is 28.1 Å². The largest absolute Gasteiger partial charge is 0.343 e. The molecule has 2 aromatic carbocycles. The van der Waals surface area contributed by atoms with Crippen molar-refractivity contribution in [1.82, 2.24) is 4.57 Å². The van der Waals surface area contributed by atoms with E-state index in [9.17, 15) is 14.5 Å². The van der Waals surface area contributed by atoms with Crippen LogP contribution in [0, 0.1) is 15.9 Å². The van der Waals surface area contributed by atoms with Gasteiger partial charge < -0.3 is 4.57 Å². The molecule has 0 fully saturated rings. The van der Waals surface area contributed by atoms with Gasteiger partial charge >= 0.3 is 5.69 Å². The number of halogens is 2. The van der Waals surface area contributed by atoms with Crippen LogP contribution in [0.1, 0.15) is 5.56 Å². The van der Waals surface area contributed by atoms with E-state index >= 15 is 0 Å². The van der Waals surface area contributed by atoms with Crippen molar-refractivity contribution in [2.45, 2.75) is 6.54 Å². The highest BCUT2D eigenvalue weighted by Gasteiger charge is 2.14. The SMILES string of the molecule is O=[N+]([O-])c1ccc(Cn2ccc3ccc(Br)cc32)cc1F. The molecule has 106 valence electrons. The maximum absolute atomic E-state index is 13.6. The Morgan fingerprint density at radius 2 is 2.00 bits per heavy atom. The molecule has 0 aliphatic carbocycles. The Labute approximate surface area is 128 Å². The van der Waals surface area contributed by atoms with Crippen LogP contribution in [0.25, 0.3) is 10.9 Å². The normalized spacial score (nSPS) is 11.0. The fraction of sp³-hybridized carbons (Fsp3) is 0.0667. The molecule has 0 saturated heterocycles. The van der Waals surface area contributed by atoms with Crippen LogP contribution in [0.4, 0.5) is 10.1 Å². The van der Waals surface area contributed by atoms with E-state index in [2.05, 4.69) is 15.9 Å². The number of hydrogen-bond acceptors (Lipinski definition) is 2. The predicted octanol–water partition coefficient (Wildman–Crippen LogP) is 4.50. The van der Waals surface area contributed by atoms with Gasteiger partial charge in [-0.25, -0.2) is 0 Å². The molecule has 0 saturated carbocycles. The second kappa shape index (κ2) is 5.29. The van der Waals surface area contributed by atoms with Crippen LogP contribution >= 0.6 is 15.9 Å². The van der Waals surface area contributed by atoms with Crippen molar-refractivity contribution in [3.8, 4) is 0 Å². The van der Waals surface area contributed by atoms with E-state index in [1.165, 1.54) is 12.1 Å². The molecule has 0 spiro atoms. The molecule has 0 N–H and O–H groups in total. The molecule has 3 rings (SSSR count). The van der Waals surface area contributed by atoms with Gasteiger partial charge in [0.25, 0.3) is 0 Å². The highest BCUT2D eigenvalue weighted by atomic mass is 79.9. The smallest absolute Gasteiger partial charge is 0.304 e. The first-order chi connectivity index (χ1) is 10.0. The first kappa shape index (κ1) is 13.8. The Kier molecular flexibility index (Phi) is 3.47. The average Bonchev–Trinajstić information content (AvgIpc) is 2.81. The molecule has 0 radical (unpaired) electrons. The van der Waals surface area contributed by atoms with Crippen molar-refractivity contribution >= 4 is 32.5 Å². The molecule has 6 heteroatoms. The summed E-state index contributed by atoms with van der Waals surface area (Å²) in [6.45, 7) is 0.453. The molecule has 0 atom stereocenters. The number of nitrogens with zero attached hydrogens (tertiary/aromatic N) is 2. The Bertz CT molecular complexity index is 845. The zero-order valence-corrected chi connectivity index (χ0v) is 12.4. The Hall–Kier alpha value is -2.21. The lowest BCUT2D eigenvalue weighted by atomic mass is 10.2. The summed E-state index contributed by atoms with van der Waals surface area (Å²) in [5.41, 5.74) is 1.19. The van der Waals surface area contributed by atoms with Gasteiger partial charge in [0, 0.05) is 28.8 Å². The van der Waals surface area contributed by atoms with Crippen molar-refractivity contribution in [2.75, 3.05) is 0 Å². The summed E-state index contributed by atoms with van der Waals surface area (Å²) in [6.07, 6.45) is 1.91. The number of fused-ring (bicyclic) bond motifs is 1. The lowest BCUT2D eigenvalue weighted by molar-refractivity contribution is -0.387. The molecule has 3 aromatic rings. The summed E-state index contributed by atoms with van der Waals surface area (Å²) < 4.78 is 16.6. The Morgan fingerprint density at radius 1 is 1.19 bits per heavy atom. The minimum atomic E-state index is -0.810. The van der Waals surface area contributed by atoms with Crippen LogP contribution in [0.15, 0.2) is 53.1 Å². The number of nitro benzene ring substituents is 1. The standard InChI is InChI=1S/C15H10BrFN2O2/c16-12-3-2-11-5-6-18(15(11)8-12)9-10-1-4-14(19(20)21)13(17)7-10/h1-8H,9H2. The van der Waals surface area contributed by atoms with E-state index in [1.807, 2.05) is 35.0 Å². The predicted molar refractivity (Wildman–Crippen MR) is 81.8 cm³/mol. The van der Waals surface area contributed by atoms with Crippen molar-refractivity contribution in [2.24, 2.45) is 0 Å². The van der Waals surface area contributed by atoms with Crippen molar-refractivity contribution in [3.05, 3.63) is 74.6 Å². The molecule has 21 heavy (non-hydrogen) atoms. The third-order valence-corrected chi connectivity index (χ3v) is 3.79. The van der Waals surface area contributed by atoms with Crippen LogP contribution < -0.4 is 0 Å². The molecule has 0 aliphatic rings. The summed E-state index contributed by atoms with van der Waals surface area (Å²) in [6, 6.07) is 11.9. The molecule has 1 heterocycles. The summed E-state index contributed by atoms with van der Waals surface area (Å²) in [4.78, 5) is 9.90. The van der Waals surface area contributed by atoms with E-state index in [0.29, 0.717) is 12.1 Å². The summed E-state index contributed by atoms with van der Waals surface area (Å²) in [7, 11) is 0. The summed E-state index contributed by atoms with van der Waals surface area (Å²) in [5, 5.41) is 11.7. The number of hydrogen-bond donors (Lipinski definition) is 0. The summed E-state index contributed by atoms with van der Waals surface area (Å²) >= 11 is 3.43. The van der Waals surface area contributed by atoms with Crippen molar-refractivity contribution in [1.29, 1.82) is 0 Å². The zero-order valence-electron chi connectivity index (χ0n) is 10.8. The Morgan fingerprint density at radius 3 is 2.71 bits per heavy atom. The molecular weight excluding hydrogens is 339 g/mol. The topological polar surface area (TPSA) is 48.1 Å². The zero-order chi connectivity index (χ0) is 15.0. The van der Waals surface area contributed by atoms with Crippen LogP contribution in [-0.2, 0) is 6.54 Å². The fourth-order valence-corrected chi connectivity index (χ4v) is 2.64. The quantitative estimate of drug-likeness (QED) is 0.516. The van der Waals surface area contributed by atoms with Crippen molar-refractivity contribution in [3.63, 3.8) is 0 Å². The monoisotopic (exact) mass is 348 g/mol. The number of benzene rings is 2. The molecule has 0 bridgehead atoms. The van der Waals surface area contributed by atoms with E-state index in [0.717, 1.165) is 15.4 Å². The minimum Gasteiger partial charge on any atom is -0.343 e. The third-order valence-electron chi connectivity index (χ3n) is 3.30. The van der Waals surface area contributed by atoms with Crippen LogP contribution in [-0.4, -0.2) is 9.49 Å². The molecule has 0 amide bonds. The molecule has 0 aliphatic heterocycles. The number of nitro groups is 1. The van der Waals surface area contributed by atoms with Crippen molar-refractivity contribution < 1.29 is 9.31 Å². The van der Waals surface area contributed by atoms with Gasteiger partial charge in [0.2, 0.25) is 5.82 Å². The van der Waals surface area contributed by atoms with E-state index in [-0.39, 0.29) is 0 Å². The van der Waals surface area contributed by atoms with Crippen LogP contribution in [0.3, 0.4) is 0 Å². The first-order valence-corrected chi connectivity index (χ1v) is 7.01. The Balaban J connectivity index is 1.97. The van der Waals surface area contributed by atoms with Crippen LogP contribution in [0.2, 0.25) is 0 Å². The van der Waals surface area contributed by atoms with Gasteiger partial charge in [-0.05, 0) is 35.2 Å². The molecule has 0 unspecified atom stereocenters. The van der Waals surface area contributed by atoms with Gasteiger partial charge in [0.15, 0.2) is 0 Å². The molecule has 1 aromatic heterocycles. The van der Waals surface area contributed by atoms with Crippen LogP contribution in [0.5, 0.6) is 0 Å². The minimum absolute atomic E-state index is 0.453. The fourth-order valence-electron chi connectivity index (χ4n) is 2.29. The van der Waals surface area contributed by atoms with E-state index in [1.54, 1.807) is 6.07 Å². The average molecular weight is 349 g/mol. The maximum Gasteiger partial charge on any atom is 0.304 e.